The Bertz CT molecular complexity index is 529. The van der Waals surface area contributed by atoms with E-state index in [4.69, 9.17) is 4.74 Å². The Morgan fingerprint density at radius 3 is 2.59 bits per heavy atom. The van der Waals surface area contributed by atoms with Crippen molar-refractivity contribution in [1.29, 1.82) is 0 Å². The lowest BCUT2D eigenvalue weighted by atomic mass is 10.0. The van der Waals surface area contributed by atoms with Gasteiger partial charge in [-0.25, -0.2) is 4.39 Å². The Kier molecular flexibility index (Phi) is 3.48. The van der Waals surface area contributed by atoms with Gasteiger partial charge in [0, 0.05) is 4.47 Å². The van der Waals surface area contributed by atoms with Gasteiger partial charge in [0.05, 0.1) is 7.11 Å². The van der Waals surface area contributed by atoms with Gasteiger partial charge in [0.1, 0.15) is 11.6 Å². The smallest absolute Gasteiger partial charge is 0.124 e. The summed E-state index contributed by atoms with van der Waals surface area (Å²) in [6, 6.07) is 10.7. The van der Waals surface area contributed by atoms with Crippen molar-refractivity contribution in [2.75, 3.05) is 7.11 Å². The van der Waals surface area contributed by atoms with Crippen LogP contribution in [0, 0.1) is 12.7 Å². The fraction of sp³-hybridized carbons (Fsp3) is 0.143. The molecule has 0 atom stereocenters. The van der Waals surface area contributed by atoms with E-state index in [2.05, 4.69) is 15.9 Å². The molecule has 0 saturated carbocycles. The minimum atomic E-state index is -0.235. The predicted molar refractivity (Wildman–Crippen MR) is 70.8 cm³/mol. The highest BCUT2D eigenvalue weighted by Gasteiger charge is 2.09. The Labute approximate surface area is 108 Å². The van der Waals surface area contributed by atoms with Crippen LogP contribution in [0.1, 0.15) is 5.56 Å². The van der Waals surface area contributed by atoms with Crippen LogP contribution in [0.25, 0.3) is 11.1 Å². The molecule has 2 aromatic rings. The lowest BCUT2D eigenvalue weighted by molar-refractivity contribution is 0.415. The maximum atomic E-state index is 13.2. The standard InChI is InChI=1S/C14H12BrFO/c1-9-6-11(16)8-13(15)14(9)10-4-3-5-12(7-10)17-2/h3-8H,1-2H3. The average molecular weight is 295 g/mol. The summed E-state index contributed by atoms with van der Waals surface area (Å²) in [5.41, 5.74) is 2.89. The van der Waals surface area contributed by atoms with Crippen LogP contribution in [0.5, 0.6) is 5.75 Å². The van der Waals surface area contributed by atoms with Crippen LogP contribution >= 0.6 is 15.9 Å². The largest absolute Gasteiger partial charge is 0.497 e. The molecule has 0 fully saturated rings. The topological polar surface area (TPSA) is 9.23 Å². The first-order valence-corrected chi connectivity index (χ1v) is 6.01. The molecule has 0 bridgehead atoms. The second kappa shape index (κ2) is 4.88. The summed E-state index contributed by atoms with van der Waals surface area (Å²) in [5.74, 6) is 0.555. The number of halogens is 2. The van der Waals surface area contributed by atoms with Crippen molar-refractivity contribution in [3.8, 4) is 16.9 Å². The van der Waals surface area contributed by atoms with E-state index in [0.717, 1.165) is 26.9 Å². The third kappa shape index (κ3) is 2.50. The van der Waals surface area contributed by atoms with Gasteiger partial charge >= 0.3 is 0 Å². The highest BCUT2D eigenvalue weighted by Crippen LogP contribution is 2.33. The summed E-state index contributed by atoms with van der Waals surface area (Å²) in [6.07, 6.45) is 0. The van der Waals surface area contributed by atoms with Crippen molar-refractivity contribution < 1.29 is 9.13 Å². The summed E-state index contributed by atoms with van der Waals surface area (Å²) in [5, 5.41) is 0. The molecule has 0 unspecified atom stereocenters. The van der Waals surface area contributed by atoms with Gasteiger partial charge in [-0.15, -0.1) is 0 Å². The highest BCUT2D eigenvalue weighted by molar-refractivity contribution is 9.10. The zero-order chi connectivity index (χ0) is 12.4. The van der Waals surface area contributed by atoms with Gasteiger partial charge in [-0.3, -0.25) is 0 Å². The first-order valence-electron chi connectivity index (χ1n) is 5.22. The molecular formula is C14H12BrFO. The maximum Gasteiger partial charge on any atom is 0.124 e. The zero-order valence-electron chi connectivity index (χ0n) is 9.63. The van der Waals surface area contributed by atoms with E-state index in [9.17, 15) is 4.39 Å². The van der Waals surface area contributed by atoms with E-state index in [-0.39, 0.29) is 5.82 Å². The lowest BCUT2D eigenvalue weighted by Crippen LogP contribution is -1.89. The van der Waals surface area contributed by atoms with Crippen LogP contribution in [0.15, 0.2) is 40.9 Å². The minimum Gasteiger partial charge on any atom is -0.497 e. The molecule has 2 aromatic carbocycles. The van der Waals surface area contributed by atoms with Gasteiger partial charge in [-0.05, 0) is 47.9 Å². The fourth-order valence-corrected chi connectivity index (χ4v) is 2.61. The number of methoxy groups -OCH3 is 1. The zero-order valence-corrected chi connectivity index (χ0v) is 11.2. The van der Waals surface area contributed by atoms with Gasteiger partial charge in [-0.1, -0.05) is 28.1 Å². The average Bonchev–Trinajstić information content (AvgIpc) is 2.28. The molecule has 17 heavy (non-hydrogen) atoms. The molecule has 0 spiro atoms. The molecule has 3 heteroatoms. The molecule has 88 valence electrons. The third-order valence-corrected chi connectivity index (χ3v) is 3.24. The van der Waals surface area contributed by atoms with Crippen molar-refractivity contribution in [3.05, 3.63) is 52.3 Å². The van der Waals surface area contributed by atoms with Crippen molar-refractivity contribution in [3.63, 3.8) is 0 Å². The normalized spacial score (nSPS) is 10.4. The molecule has 1 nitrogen and oxygen atoms in total. The molecule has 2 rings (SSSR count). The number of hydrogen-bond acceptors (Lipinski definition) is 1. The fourth-order valence-electron chi connectivity index (χ4n) is 1.85. The number of aryl methyl sites for hydroxylation is 1. The van der Waals surface area contributed by atoms with Crippen LogP contribution in [0.3, 0.4) is 0 Å². The monoisotopic (exact) mass is 294 g/mol. The second-order valence-electron chi connectivity index (χ2n) is 3.81. The summed E-state index contributed by atoms with van der Waals surface area (Å²) >= 11 is 3.40. The van der Waals surface area contributed by atoms with Gasteiger partial charge < -0.3 is 4.74 Å². The van der Waals surface area contributed by atoms with Crippen molar-refractivity contribution >= 4 is 15.9 Å². The Hall–Kier alpha value is -1.35. The summed E-state index contributed by atoms with van der Waals surface area (Å²) < 4.78 is 19.2. The quantitative estimate of drug-likeness (QED) is 0.788. The van der Waals surface area contributed by atoms with E-state index >= 15 is 0 Å². The van der Waals surface area contributed by atoms with Crippen LogP contribution in [-0.4, -0.2) is 7.11 Å². The molecule has 0 aliphatic rings. The van der Waals surface area contributed by atoms with E-state index < -0.39 is 0 Å². The van der Waals surface area contributed by atoms with E-state index in [1.54, 1.807) is 7.11 Å². The van der Waals surface area contributed by atoms with Crippen molar-refractivity contribution in [2.45, 2.75) is 6.92 Å². The first kappa shape index (κ1) is 12.1. The molecule has 0 aliphatic carbocycles. The van der Waals surface area contributed by atoms with E-state index in [1.165, 1.54) is 12.1 Å². The van der Waals surface area contributed by atoms with Crippen LogP contribution < -0.4 is 4.74 Å². The SMILES string of the molecule is COc1cccc(-c2c(C)cc(F)cc2Br)c1. The summed E-state index contributed by atoms with van der Waals surface area (Å²) in [6.45, 7) is 1.89. The maximum absolute atomic E-state index is 13.2. The van der Waals surface area contributed by atoms with Gasteiger partial charge in [0.25, 0.3) is 0 Å². The minimum absolute atomic E-state index is 0.235. The molecule has 0 radical (unpaired) electrons. The molecule has 0 heterocycles. The van der Waals surface area contributed by atoms with E-state index in [0.29, 0.717) is 0 Å². The van der Waals surface area contributed by atoms with Gasteiger partial charge in [0.2, 0.25) is 0 Å². The first-order chi connectivity index (χ1) is 8.11. The molecule has 0 aromatic heterocycles. The summed E-state index contributed by atoms with van der Waals surface area (Å²) in [4.78, 5) is 0. The van der Waals surface area contributed by atoms with E-state index in [1.807, 2.05) is 31.2 Å². The van der Waals surface area contributed by atoms with Crippen LogP contribution in [0.4, 0.5) is 4.39 Å². The predicted octanol–water partition coefficient (Wildman–Crippen LogP) is 4.57. The Morgan fingerprint density at radius 2 is 1.94 bits per heavy atom. The molecule has 0 saturated heterocycles. The van der Waals surface area contributed by atoms with Crippen LogP contribution in [-0.2, 0) is 0 Å². The van der Waals surface area contributed by atoms with Crippen molar-refractivity contribution in [1.82, 2.24) is 0 Å². The Morgan fingerprint density at radius 1 is 1.18 bits per heavy atom. The Balaban J connectivity index is 2.60. The van der Waals surface area contributed by atoms with Gasteiger partial charge in [-0.2, -0.15) is 0 Å². The van der Waals surface area contributed by atoms with Gasteiger partial charge in [0.15, 0.2) is 0 Å². The highest BCUT2D eigenvalue weighted by atomic mass is 79.9. The number of ether oxygens (including phenoxy) is 1. The molecule has 0 N–H and O–H groups in total. The third-order valence-electron chi connectivity index (χ3n) is 2.61. The van der Waals surface area contributed by atoms with Crippen LogP contribution in [0.2, 0.25) is 0 Å². The number of hydrogen-bond donors (Lipinski definition) is 0. The molecular weight excluding hydrogens is 283 g/mol. The number of benzene rings is 2. The van der Waals surface area contributed by atoms with Crippen molar-refractivity contribution in [2.24, 2.45) is 0 Å². The number of rotatable bonds is 2. The molecule has 0 amide bonds. The summed E-state index contributed by atoms with van der Waals surface area (Å²) in [7, 11) is 1.63. The molecule has 0 aliphatic heterocycles. The second-order valence-corrected chi connectivity index (χ2v) is 4.67. The lowest BCUT2D eigenvalue weighted by Gasteiger charge is -2.10.